The van der Waals surface area contributed by atoms with Gasteiger partial charge in [0.05, 0.1) is 4.88 Å². The highest BCUT2D eigenvalue weighted by Gasteiger charge is 2.28. The molecule has 0 aliphatic carbocycles. The summed E-state index contributed by atoms with van der Waals surface area (Å²) in [6.45, 7) is 2.94. The van der Waals surface area contributed by atoms with Gasteiger partial charge >= 0.3 is 0 Å². The van der Waals surface area contributed by atoms with Crippen molar-refractivity contribution < 1.29 is 4.79 Å². The van der Waals surface area contributed by atoms with E-state index in [1.54, 1.807) is 0 Å². The Bertz CT molecular complexity index is 596. The van der Waals surface area contributed by atoms with E-state index in [0.29, 0.717) is 11.7 Å². The molecule has 1 saturated heterocycles. The molecule has 0 saturated carbocycles. The molecule has 3 rings (SSSR count). The molecule has 1 atom stereocenters. The molecule has 5 heteroatoms. The number of benzene rings is 1. The summed E-state index contributed by atoms with van der Waals surface area (Å²) < 4.78 is 3.98. The molecule has 1 aliphatic heterocycles. The maximum Gasteiger partial charge on any atom is 0.276 e. The highest BCUT2D eigenvalue weighted by atomic mass is 32.1. The minimum atomic E-state index is 0.0183. The highest BCUT2D eigenvalue weighted by Crippen LogP contribution is 2.28. The molecule has 2 aromatic rings. The van der Waals surface area contributed by atoms with E-state index in [-0.39, 0.29) is 5.91 Å². The Labute approximate surface area is 122 Å². The molecule has 1 aromatic carbocycles. The van der Waals surface area contributed by atoms with Crippen molar-refractivity contribution >= 4 is 17.4 Å². The lowest BCUT2D eigenvalue weighted by atomic mass is 10.0. The number of amides is 1. The van der Waals surface area contributed by atoms with Gasteiger partial charge in [-0.1, -0.05) is 34.8 Å². The average Bonchev–Trinajstić information content (AvgIpc) is 2.97. The van der Waals surface area contributed by atoms with Gasteiger partial charge < -0.3 is 4.90 Å². The van der Waals surface area contributed by atoms with E-state index >= 15 is 0 Å². The molecule has 0 bridgehead atoms. The molecular formula is C15H17N3OS. The summed E-state index contributed by atoms with van der Waals surface area (Å²) in [4.78, 5) is 15.5. The van der Waals surface area contributed by atoms with Gasteiger partial charge in [-0.3, -0.25) is 4.79 Å². The molecule has 1 amide bonds. The number of hydrogen-bond donors (Lipinski definition) is 0. The lowest BCUT2D eigenvalue weighted by Crippen LogP contribution is -2.42. The largest absolute Gasteiger partial charge is 0.335 e. The summed E-state index contributed by atoms with van der Waals surface area (Å²) in [5.74, 6) is 0.0183. The Morgan fingerprint density at radius 1 is 1.30 bits per heavy atom. The van der Waals surface area contributed by atoms with E-state index in [2.05, 4.69) is 16.5 Å². The standard InChI is InChI=1S/C15H17N3OS/c1-11-7-5-6-10-18(11)15(19)13-14(20-17-16-13)12-8-3-2-4-9-12/h2-4,8-9,11H,5-7,10H2,1H3/t11-/m0/s1. The van der Waals surface area contributed by atoms with Crippen molar-refractivity contribution in [3.63, 3.8) is 0 Å². The topological polar surface area (TPSA) is 46.1 Å². The number of aromatic nitrogens is 2. The molecule has 20 heavy (non-hydrogen) atoms. The highest BCUT2D eigenvalue weighted by molar-refractivity contribution is 7.09. The fourth-order valence-electron chi connectivity index (χ4n) is 2.65. The second-order valence-corrected chi connectivity index (χ2v) is 5.91. The first kappa shape index (κ1) is 13.2. The predicted octanol–water partition coefficient (Wildman–Crippen LogP) is 3.22. The zero-order valence-electron chi connectivity index (χ0n) is 11.5. The van der Waals surface area contributed by atoms with Crippen molar-refractivity contribution in [2.24, 2.45) is 0 Å². The van der Waals surface area contributed by atoms with Crippen LogP contribution in [0.1, 0.15) is 36.7 Å². The lowest BCUT2D eigenvalue weighted by Gasteiger charge is -2.32. The zero-order valence-corrected chi connectivity index (χ0v) is 12.3. The molecular weight excluding hydrogens is 270 g/mol. The summed E-state index contributed by atoms with van der Waals surface area (Å²) in [5, 5.41) is 4.08. The minimum absolute atomic E-state index is 0.0183. The monoisotopic (exact) mass is 287 g/mol. The normalized spacial score (nSPS) is 19.1. The Hall–Kier alpha value is -1.75. The van der Waals surface area contributed by atoms with Gasteiger partial charge in [0, 0.05) is 12.6 Å². The average molecular weight is 287 g/mol. The molecule has 0 radical (unpaired) electrons. The van der Waals surface area contributed by atoms with Gasteiger partial charge in [0.1, 0.15) is 0 Å². The third-order valence-corrected chi connectivity index (χ3v) is 4.57. The molecule has 1 aliphatic rings. The molecule has 2 heterocycles. The van der Waals surface area contributed by atoms with Crippen LogP contribution in [0.25, 0.3) is 10.4 Å². The van der Waals surface area contributed by atoms with Crippen LogP contribution in [0.15, 0.2) is 30.3 Å². The Balaban J connectivity index is 1.91. The van der Waals surface area contributed by atoms with Gasteiger partial charge in [0.2, 0.25) is 0 Å². The third-order valence-electron chi connectivity index (χ3n) is 3.79. The maximum atomic E-state index is 12.7. The first-order chi connectivity index (χ1) is 9.77. The molecule has 1 aromatic heterocycles. The smallest absolute Gasteiger partial charge is 0.276 e. The van der Waals surface area contributed by atoms with Crippen molar-refractivity contribution in [1.82, 2.24) is 14.5 Å². The van der Waals surface area contributed by atoms with Crippen molar-refractivity contribution in [1.29, 1.82) is 0 Å². The predicted molar refractivity (Wildman–Crippen MR) is 79.7 cm³/mol. The van der Waals surface area contributed by atoms with Crippen molar-refractivity contribution in [2.45, 2.75) is 32.2 Å². The number of nitrogens with zero attached hydrogens (tertiary/aromatic N) is 3. The van der Waals surface area contributed by atoms with Crippen LogP contribution in [0.2, 0.25) is 0 Å². The van der Waals surface area contributed by atoms with Gasteiger partial charge in [-0.05, 0) is 43.3 Å². The van der Waals surface area contributed by atoms with E-state index in [0.717, 1.165) is 29.8 Å². The fourth-order valence-corrected chi connectivity index (χ4v) is 3.31. The summed E-state index contributed by atoms with van der Waals surface area (Å²) in [6.07, 6.45) is 3.35. The van der Waals surface area contributed by atoms with Crippen LogP contribution in [-0.2, 0) is 0 Å². The summed E-state index contributed by atoms with van der Waals surface area (Å²) in [6, 6.07) is 10.2. The number of rotatable bonds is 2. The number of carbonyl (C=O) groups excluding carboxylic acids is 1. The first-order valence-electron chi connectivity index (χ1n) is 6.96. The van der Waals surface area contributed by atoms with Gasteiger partial charge in [-0.2, -0.15) is 0 Å². The van der Waals surface area contributed by atoms with Crippen LogP contribution in [0, 0.1) is 0 Å². The minimum Gasteiger partial charge on any atom is -0.335 e. The lowest BCUT2D eigenvalue weighted by molar-refractivity contribution is 0.0630. The van der Waals surface area contributed by atoms with E-state index in [1.165, 1.54) is 18.0 Å². The van der Waals surface area contributed by atoms with Crippen LogP contribution >= 0.6 is 11.5 Å². The SMILES string of the molecule is C[C@H]1CCCCN1C(=O)c1nnsc1-c1ccccc1. The molecule has 0 N–H and O–H groups in total. The van der Waals surface area contributed by atoms with Crippen molar-refractivity contribution in [2.75, 3.05) is 6.54 Å². The van der Waals surface area contributed by atoms with Crippen molar-refractivity contribution in [3.05, 3.63) is 36.0 Å². The maximum absolute atomic E-state index is 12.7. The summed E-state index contributed by atoms with van der Waals surface area (Å²) >= 11 is 1.29. The molecule has 0 spiro atoms. The Kier molecular flexibility index (Phi) is 3.78. The van der Waals surface area contributed by atoms with Crippen LogP contribution < -0.4 is 0 Å². The van der Waals surface area contributed by atoms with Crippen LogP contribution in [0.4, 0.5) is 0 Å². The Morgan fingerprint density at radius 2 is 2.10 bits per heavy atom. The van der Waals surface area contributed by atoms with Gasteiger partial charge in [-0.15, -0.1) is 5.10 Å². The van der Waals surface area contributed by atoms with E-state index in [9.17, 15) is 4.79 Å². The quantitative estimate of drug-likeness (QED) is 0.852. The second-order valence-electron chi connectivity index (χ2n) is 5.16. The molecule has 104 valence electrons. The van der Waals surface area contributed by atoms with E-state index in [1.807, 2.05) is 35.2 Å². The molecule has 1 fully saturated rings. The second kappa shape index (κ2) is 5.71. The Morgan fingerprint density at radius 3 is 2.85 bits per heavy atom. The summed E-state index contributed by atoms with van der Waals surface area (Å²) in [5.41, 5.74) is 1.51. The first-order valence-corrected chi connectivity index (χ1v) is 7.73. The number of hydrogen-bond acceptors (Lipinski definition) is 4. The number of carbonyl (C=O) groups is 1. The summed E-state index contributed by atoms with van der Waals surface area (Å²) in [7, 11) is 0. The molecule has 0 unspecified atom stereocenters. The van der Waals surface area contributed by atoms with Gasteiger partial charge in [0.25, 0.3) is 5.91 Å². The van der Waals surface area contributed by atoms with E-state index in [4.69, 9.17) is 0 Å². The van der Waals surface area contributed by atoms with Crippen LogP contribution in [-0.4, -0.2) is 33.0 Å². The van der Waals surface area contributed by atoms with Crippen LogP contribution in [0.5, 0.6) is 0 Å². The number of likely N-dealkylation sites (tertiary alicyclic amines) is 1. The fraction of sp³-hybridized carbons (Fsp3) is 0.400. The zero-order chi connectivity index (χ0) is 13.9. The van der Waals surface area contributed by atoms with Gasteiger partial charge in [0.15, 0.2) is 5.69 Å². The van der Waals surface area contributed by atoms with Crippen LogP contribution in [0.3, 0.4) is 0 Å². The van der Waals surface area contributed by atoms with E-state index < -0.39 is 0 Å². The third kappa shape index (κ3) is 2.45. The van der Waals surface area contributed by atoms with Gasteiger partial charge in [-0.25, -0.2) is 0 Å². The number of piperidine rings is 1. The van der Waals surface area contributed by atoms with Crippen molar-refractivity contribution in [3.8, 4) is 10.4 Å². The molecule has 4 nitrogen and oxygen atoms in total.